The third kappa shape index (κ3) is 3.12. The summed E-state index contributed by atoms with van der Waals surface area (Å²) in [4.78, 5) is 18.9. The molecule has 24 heavy (non-hydrogen) atoms. The van der Waals surface area contributed by atoms with Crippen molar-refractivity contribution in [1.82, 2.24) is 14.5 Å². The summed E-state index contributed by atoms with van der Waals surface area (Å²) in [6, 6.07) is 12.8. The molecule has 0 bridgehead atoms. The Hall–Kier alpha value is -2.04. The van der Waals surface area contributed by atoms with E-state index in [-0.39, 0.29) is 5.91 Å². The summed E-state index contributed by atoms with van der Waals surface area (Å²) in [6.45, 7) is 3.26. The zero-order valence-corrected chi connectivity index (χ0v) is 15.0. The number of amides is 1. The quantitative estimate of drug-likeness (QED) is 0.678. The fourth-order valence-corrected chi connectivity index (χ4v) is 3.24. The summed E-state index contributed by atoms with van der Waals surface area (Å²) >= 11 is 12.0. The number of nitrogens with zero attached hydrogens (tertiary/aromatic N) is 3. The van der Waals surface area contributed by atoms with Crippen LogP contribution in [0.15, 0.2) is 42.5 Å². The molecule has 4 nitrogen and oxygen atoms in total. The topological polar surface area (TPSA) is 38.1 Å². The Morgan fingerprint density at radius 2 is 1.96 bits per heavy atom. The molecule has 0 unspecified atom stereocenters. The lowest BCUT2D eigenvalue weighted by Gasteiger charge is -2.18. The molecule has 0 aliphatic carbocycles. The van der Waals surface area contributed by atoms with E-state index in [1.54, 1.807) is 30.1 Å². The molecule has 0 saturated carbocycles. The molecular weight excluding hydrogens is 345 g/mol. The number of halogens is 2. The predicted octanol–water partition coefficient (Wildman–Crippen LogP) is 4.64. The fourth-order valence-electron chi connectivity index (χ4n) is 2.75. The molecule has 0 aliphatic rings. The van der Waals surface area contributed by atoms with Crippen molar-refractivity contribution in [3.63, 3.8) is 0 Å². The van der Waals surface area contributed by atoms with Gasteiger partial charge in [-0.05, 0) is 37.3 Å². The number of aryl methyl sites for hydroxylation is 1. The summed E-state index contributed by atoms with van der Waals surface area (Å²) in [5.74, 6) is 0.686. The third-order valence-electron chi connectivity index (χ3n) is 3.94. The highest BCUT2D eigenvalue weighted by atomic mass is 35.5. The number of hydrogen-bond donors (Lipinski definition) is 0. The number of para-hydroxylation sites is 2. The van der Waals surface area contributed by atoms with Gasteiger partial charge in [0.25, 0.3) is 5.91 Å². The zero-order valence-electron chi connectivity index (χ0n) is 13.5. The Morgan fingerprint density at radius 3 is 2.67 bits per heavy atom. The van der Waals surface area contributed by atoms with Gasteiger partial charge < -0.3 is 9.47 Å². The largest absolute Gasteiger partial charge is 0.334 e. The summed E-state index contributed by atoms with van der Waals surface area (Å²) < 4.78 is 2.11. The number of hydrogen-bond acceptors (Lipinski definition) is 2. The molecule has 3 rings (SSSR count). The minimum absolute atomic E-state index is 0.161. The lowest BCUT2D eigenvalue weighted by atomic mass is 10.2. The minimum Gasteiger partial charge on any atom is -0.334 e. The van der Waals surface area contributed by atoms with Crippen LogP contribution in [-0.4, -0.2) is 27.4 Å². The van der Waals surface area contributed by atoms with E-state index in [2.05, 4.69) is 16.5 Å². The normalized spacial score (nSPS) is 11.0. The molecule has 3 aromatic rings. The number of carbonyl (C=O) groups is 1. The first-order chi connectivity index (χ1) is 11.5. The van der Waals surface area contributed by atoms with Gasteiger partial charge in [-0.15, -0.1) is 0 Å². The highest BCUT2D eigenvalue weighted by Crippen LogP contribution is 2.23. The lowest BCUT2D eigenvalue weighted by molar-refractivity contribution is 0.0780. The molecule has 0 saturated heterocycles. The second-order valence-corrected chi connectivity index (χ2v) is 6.39. The molecule has 124 valence electrons. The van der Waals surface area contributed by atoms with E-state index in [4.69, 9.17) is 23.2 Å². The van der Waals surface area contributed by atoms with Crippen LogP contribution in [0.25, 0.3) is 11.0 Å². The van der Waals surface area contributed by atoms with Crippen LogP contribution in [0.4, 0.5) is 0 Å². The molecule has 1 heterocycles. The van der Waals surface area contributed by atoms with Gasteiger partial charge in [-0.1, -0.05) is 35.3 Å². The van der Waals surface area contributed by atoms with Gasteiger partial charge in [0.15, 0.2) is 0 Å². The van der Waals surface area contributed by atoms with Gasteiger partial charge in [-0.3, -0.25) is 4.79 Å². The van der Waals surface area contributed by atoms with Gasteiger partial charge >= 0.3 is 0 Å². The van der Waals surface area contributed by atoms with Crippen molar-refractivity contribution in [2.24, 2.45) is 0 Å². The molecule has 1 aromatic heterocycles. The Kier molecular flexibility index (Phi) is 4.78. The monoisotopic (exact) mass is 361 g/mol. The van der Waals surface area contributed by atoms with Gasteiger partial charge in [-0.25, -0.2) is 4.98 Å². The molecular formula is C18H17Cl2N3O. The van der Waals surface area contributed by atoms with Gasteiger partial charge in [0.1, 0.15) is 5.82 Å². The molecule has 0 radical (unpaired) electrons. The molecule has 0 aliphatic heterocycles. The number of carbonyl (C=O) groups excluding carboxylic acids is 1. The van der Waals surface area contributed by atoms with Crippen LogP contribution in [0.3, 0.4) is 0 Å². The van der Waals surface area contributed by atoms with E-state index in [1.165, 1.54) is 0 Å². The van der Waals surface area contributed by atoms with Crippen molar-refractivity contribution in [2.45, 2.75) is 20.0 Å². The molecule has 0 N–H and O–H groups in total. The number of rotatable bonds is 4. The first-order valence-corrected chi connectivity index (χ1v) is 8.41. The molecule has 1 amide bonds. The van der Waals surface area contributed by atoms with E-state index in [1.807, 2.05) is 24.3 Å². The molecule has 0 fully saturated rings. The van der Waals surface area contributed by atoms with Crippen LogP contribution in [0.5, 0.6) is 0 Å². The summed E-state index contributed by atoms with van der Waals surface area (Å²) in [5.41, 5.74) is 2.43. The summed E-state index contributed by atoms with van der Waals surface area (Å²) in [6.07, 6.45) is 0. The Morgan fingerprint density at radius 1 is 1.21 bits per heavy atom. The van der Waals surface area contributed by atoms with Crippen LogP contribution in [0.2, 0.25) is 10.0 Å². The average Bonchev–Trinajstić information content (AvgIpc) is 2.91. The van der Waals surface area contributed by atoms with E-state index in [0.717, 1.165) is 23.4 Å². The maximum absolute atomic E-state index is 12.7. The zero-order chi connectivity index (χ0) is 17.3. The highest BCUT2D eigenvalue weighted by molar-refractivity contribution is 6.36. The first-order valence-electron chi connectivity index (χ1n) is 7.66. The number of benzene rings is 2. The number of aromatic nitrogens is 2. The van der Waals surface area contributed by atoms with Gasteiger partial charge in [-0.2, -0.15) is 0 Å². The van der Waals surface area contributed by atoms with E-state index < -0.39 is 0 Å². The Bertz CT molecular complexity index is 904. The van der Waals surface area contributed by atoms with Crippen LogP contribution >= 0.6 is 23.2 Å². The predicted molar refractivity (Wildman–Crippen MR) is 97.7 cm³/mol. The van der Waals surface area contributed by atoms with E-state index in [0.29, 0.717) is 22.2 Å². The smallest absolute Gasteiger partial charge is 0.255 e. The first kappa shape index (κ1) is 16.8. The molecule has 0 atom stereocenters. The maximum Gasteiger partial charge on any atom is 0.255 e. The second kappa shape index (κ2) is 6.83. The van der Waals surface area contributed by atoms with Crippen molar-refractivity contribution in [3.05, 3.63) is 63.9 Å². The fraction of sp³-hybridized carbons (Fsp3) is 0.222. The van der Waals surface area contributed by atoms with Crippen LogP contribution in [0.1, 0.15) is 23.1 Å². The second-order valence-electron chi connectivity index (χ2n) is 5.55. The highest BCUT2D eigenvalue weighted by Gasteiger charge is 2.18. The van der Waals surface area contributed by atoms with Crippen molar-refractivity contribution in [1.29, 1.82) is 0 Å². The number of fused-ring (bicyclic) bond motifs is 1. The van der Waals surface area contributed by atoms with Crippen LogP contribution < -0.4 is 0 Å². The van der Waals surface area contributed by atoms with Crippen molar-refractivity contribution in [2.75, 3.05) is 7.05 Å². The van der Waals surface area contributed by atoms with E-state index in [9.17, 15) is 4.79 Å². The van der Waals surface area contributed by atoms with Gasteiger partial charge in [0.2, 0.25) is 0 Å². The Labute approximate surface area is 150 Å². The summed E-state index contributed by atoms with van der Waals surface area (Å²) in [7, 11) is 1.74. The SMILES string of the molecule is CCn1c(CN(C)C(=O)c2ccc(Cl)cc2Cl)nc2ccccc21. The molecule has 2 aromatic carbocycles. The van der Waals surface area contributed by atoms with Crippen molar-refractivity contribution in [3.8, 4) is 0 Å². The lowest BCUT2D eigenvalue weighted by Crippen LogP contribution is -2.28. The van der Waals surface area contributed by atoms with Crippen LogP contribution in [0, 0.1) is 0 Å². The standard InChI is InChI=1S/C18H17Cl2N3O/c1-3-23-16-7-5-4-6-15(16)21-17(23)11-22(2)18(24)13-9-8-12(19)10-14(13)20/h4-10H,3,11H2,1-2H3. The van der Waals surface area contributed by atoms with E-state index >= 15 is 0 Å². The van der Waals surface area contributed by atoms with Gasteiger partial charge in [0, 0.05) is 18.6 Å². The molecule has 6 heteroatoms. The van der Waals surface area contributed by atoms with Crippen molar-refractivity contribution < 1.29 is 4.79 Å². The number of imidazole rings is 1. The minimum atomic E-state index is -0.161. The van der Waals surface area contributed by atoms with Crippen molar-refractivity contribution >= 4 is 40.1 Å². The Balaban J connectivity index is 1.89. The van der Waals surface area contributed by atoms with Gasteiger partial charge in [0.05, 0.1) is 28.2 Å². The van der Waals surface area contributed by atoms with Crippen LogP contribution in [-0.2, 0) is 13.1 Å². The average molecular weight is 362 g/mol. The summed E-state index contributed by atoms with van der Waals surface area (Å²) in [5, 5.41) is 0.857. The third-order valence-corrected chi connectivity index (χ3v) is 4.48. The maximum atomic E-state index is 12.7. The molecule has 0 spiro atoms.